The van der Waals surface area contributed by atoms with Gasteiger partial charge in [0, 0.05) is 19.7 Å². The predicted molar refractivity (Wildman–Crippen MR) is 64.9 cm³/mol. The van der Waals surface area contributed by atoms with E-state index in [0.717, 1.165) is 22.5 Å². The Bertz CT molecular complexity index is 534. The highest BCUT2D eigenvalue weighted by Crippen LogP contribution is 2.26. The van der Waals surface area contributed by atoms with Crippen LogP contribution >= 0.6 is 0 Å². The van der Waals surface area contributed by atoms with E-state index < -0.39 is 26.6 Å². The SMILES string of the molecule is O=S(=O)(c1c(F)cccc1F)N1CCC(CO)CC1. The van der Waals surface area contributed by atoms with Gasteiger partial charge in [0.25, 0.3) is 0 Å². The first-order valence-corrected chi connectivity index (χ1v) is 7.46. The monoisotopic (exact) mass is 291 g/mol. The minimum atomic E-state index is -4.15. The van der Waals surface area contributed by atoms with Crippen molar-refractivity contribution in [1.82, 2.24) is 4.31 Å². The van der Waals surface area contributed by atoms with Gasteiger partial charge in [-0.1, -0.05) is 6.07 Å². The van der Waals surface area contributed by atoms with Gasteiger partial charge in [-0.15, -0.1) is 0 Å². The fraction of sp³-hybridized carbons (Fsp3) is 0.500. The van der Waals surface area contributed by atoms with Crippen molar-refractivity contribution in [3.63, 3.8) is 0 Å². The number of hydrogen-bond donors (Lipinski definition) is 1. The summed E-state index contributed by atoms with van der Waals surface area (Å²) in [6, 6.07) is 2.98. The van der Waals surface area contributed by atoms with Crippen LogP contribution < -0.4 is 0 Å². The molecule has 7 heteroatoms. The minimum Gasteiger partial charge on any atom is -0.396 e. The van der Waals surface area contributed by atoms with Gasteiger partial charge in [0.15, 0.2) is 4.90 Å². The molecule has 19 heavy (non-hydrogen) atoms. The van der Waals surface area contributed by atoms with Crippen LogP contribution in [0.4, 0.5) is 8.78 Å². The van der Waals surface area contributed by atoms with Crippen molar-refractivity contribution < 1.29 is 22.3 Å². The topological polar surface area (TPSA) is 57.6 Å². The molecule has 0 unspecified atom stereocenters. The number of hydrogen-bond acceptors (Lipinski definition) is 3. The minimum absolute atomic E-state index is 0.00193. The van der Waals surface area contributed by atoms with Gasteiger partial charge < -0.3 is 5.11 Å². The van der Waals surface area contributed by atoms with Crippen molar-refractivity contribution in [1.29, 1.82) is 0 Å². The molecule has 1 saturated heterocycles. The van der Waals surface area contributed by atoms with Crippen molar-refractivity contribution in [2.45, 2.75) is 17.7 Å². The molecule has 0 amide bonds. The summed E-state index contributed by atoms with van der Waals surface area (Å²) >= 11 is 0. The maximum atomic E-state index is 13.6. The summed E-state index contributed by atoms with van der Waals surface area (Å²) < 4.78 is 52.6. The van der Waals surface area contributed by atoms with E-state index in [9.17, 15) is 17.2 Å². The molecular formula is C12H15F2NO3S. The molecule has 1 fully saturated rings. The van der Waals surface area contributed by atoms with Gasteiger partial charge in [-0.3, -0.25) is 0 Å². The van der Waals surface area contributed by atoms with E-state index in [1.165, 1.54) is 0 Å². The van der Waals surface area contributed by atoms with Crippen molar-refractivity contribution >= 4 is 10.0 Å². The van der Waals surface area contributed by atoms with E-state index in [1.54, 1.807) is 0 Å². The number of piperidine rings is 1. The molecule has 0 spiro atoms. The van der Waals surface area contributed by atoms with Gasteiger partial charge in [0.2, 0.25) is 10.0 Å². The van der Waals surface area contributed by atoms with Crippen molar-refractivity contribution in [3.8, 4) is 0 Å². The summed E-state index contributed by atoms with van der Waals surface area (Å²) in [4.78, 5) is -0.891. The van der Waals surface area contributed by atoms with Gasteiger partial charge in [-0.2, -0.15) is 4.31 Å². The molecule has 1 aliphatic heterocycles. The third-order valence-electron chi connectivity index (χ3n) is 3.35. The lowest BCUT2D eigenvalue weighted by molar-refractivity contribution is 0.170. The predicted octanol–water partition coefficient (Wildman–Crippen LogP) is 1.36. The molecule has 106 valence electrons. The summed E-state index contributed by atoms with van der Waals surface area (Å²) in [5.74, 6) is -2.11. The number of aliphatic hydroxyl groups excluding tert-OH is 1. The maximum absolute atomic E-state index is 13.6. The smallest absolute Gasteiger partial charge is 0.248 e. The molecule has 1 heterocycles. The summed E-state index contributed by atoms with van der Waals surface area (Å²) in [7, 11) is -4.15. The fourth-order valence-corrected chi connectivity index (χ4v) is 3.77. The number of halogens is 2. The molecule has 2 rings (SSSR count). The highest BCUT2D eigenvalue weighted by atomic mass is 32.2. The highest BCUT2D eigenvalue weighted by molar-refractivity contribution is 7.89. The van der Waals surface area contributed by atoms with Gasteiger partial charge in [-0.05, 0) is 30.9 Å². The summed E-state index contributed by atoms with van der Waals surface area (Å²) in [5, 5.41) is 9.00. The second kappa shape index (κ2) is 5.52. The Morgan fingerprint density at radius 2 is 1.74 bits per heavy atom. The largest absolute Gasteiger partial charge is 0.396 e. The first-order chi connectivity index (χ1) is 8.96. The lowest BCUT2D eigenvalue weighted by Crippen LogP contribution is -2.39. The molecule has 0 bridgehead atoms. The Morgan fingerprint density at radius 3 is 2.21 bits per heavy atom. The number of benzene rings is 1. The van der Waals surface area contributed by atoms with Crippen LogP contribution in [-0.2, 0) is 10.0 Å². The molecule has 0 atom stereocenters. The Hall–Kier alpha value is -1.05. The third-order valence-corrected chi connectivity index (χ3v) is 5.30. The van der Waals surface area contributed by atoms with Crippen LogP contribution in [0.2, 0.25) is 0 Å². The Morgan fingerprint density at radius 1 is 1.21 bits per heavy atom. The molecule has 1 aliphatic rings. The zero-order valence-corrected chi connectivity index (χ0v) is 11.0. The number of aliphatic hydroxyl groups is 1. The average molecular weight is 291 g/mol. The first-order valence-electron chi connectivity index (χ1n) is 6.02. The Labute approximate surface area is 110 Å². The quantitative estimate of drug-likeness (QED) is 0.915. The molecule has 1 aromatic carbocycles. The van der Waals surface area contributed by atoms with E-state index in [2.05, 4.69) is 0 Å². The third kappa shape index (κ3) is 2.77. The Kier molecular flexibility index (Phi) is 4.17. The molecule has 0 aliphatic carbocycles. The lowest BCUT2D eigenvalue weighted by Gasteiger charge is -2.30. The van der Waals surface area contributed by atoms with Crippen molar-refractivity contribution in [3.05, 3.63) is 29.8 Å². The van der Waals surface area contributed by atoms with Crippen LogP contribution in [0.3, 0.4) is 0 Å². The Balaban J connectivity index is 2.29. The summed E-state index contributed by atoms with van der Waals surface area (Å²) in [6.07, 6.45) is 0.984. The molecule has 0 aromatic heterocycles. The van der Waals surface area contributed by atoms with E-state index >= 15 is 0 Å². The van der Waals surface area contributed by atoms with E-state index in [-0.39, 0.29) is 25.6 Å². The van der Waals surface area contributed by atoms with Gasteiger partial charge in [0.1, 0.15) is 11.6 Å². The van der Waals surface area contributed by atoms with E-state index in [1.807, 2.05) is 0 Å². The normalized spacial score (nSPS) is 18.7. The van der Waals surface area contributed by atoms with Gasteiger partial charge in [0.05, 0.1) is 0 Å². The summed E-state index contributed by atoms with van der Waals surface area (Å²) in [6.45, 7) is 0.338. The van der Waals surface area contributed by atoms with Gasteiger partial charge in [-0.25, -0.2) is 17.2 Å². The lowest BCUT2D eigenvalue weighted by atomic mass is 10.00. The molecule has 0 saturated carbocycles. The summed E-state index contributed by atoms with van der Waals surface area (Å²) in [5.41, 5.74) is 0. The molecule has 4 nitrogen and oxygen atoms in total. The highest BCUT2D eigenvalue weighted by Gasteiger charge is 2.33. The van der Waals surface area contributed by atoms with Crippen molar-refractivity contribution in [2.24, 2.45) is 5.92 Å². The number of sulfonamides is 1. The molecular weight excluding hydrogens is 276 g/mol. The first kappa shape index (κ1) is 14.4. The van der Waals surface area contributed by atoms with Crippen molar-refractivity contribution in [2.75, 3.05) is 19.7 Å². The molecule has 1 aromatic rings. The van der Waals surface area contributed by atoms with Crippen LogP contribution in [0.25, 0.3) is 0 Å². The van der Waals surface area contributed by atoms with Gasteiger partial charge >= 0.3 is 0 Å². The average Bonchev–Trinajstić information content (AvgIpc) is 2.38. The maximum Gasteiger partial charge on any atom is 0.248 e. The second-order valence-corrected chi connectivity index (χ2v) is 6.46. The van der Waals surface area contributed by atoms with Crippen LogP contribution in [0.15, 0.2) is 23.1 Å². The zero-order chi connectivity index (χ0) is 14.0. The van der Waals surface area contributed by atoms with Crippen LogP contribution in [0, 0.1) is 17.6 Å². The standard InChI is InChI=1S/C12H15F2NO3S/c13-10-2-1-3-11(14)12(10)19(17,18)15-6-4-9(8-16)5-7-15/h1-3,9,16H,4-8H2. The van der Waals surface area contributed by atoms with Crippen LogP contribution in [0.5, 0.6) is 0 Å². The second-order valence-electron chi connectivity index (χ2n) is 4.58. The van der Waals surface area contributed by atoms with Crippen LogP contribution in [0.1, 0.15) is 12.8 Å². The number of rotatable bonds is 3. The van der Waals surface area contributed by atoms with E-state index in [0.29, 0.717) is 12.8 Å². The van der Waals surface area contributed by atoms with Crippen LogP contribution in [-0.4, -0.2) is 37.5 Å². The number of nitrogens with zero attached hydrogens (tertiary/aromatic N) is 1. The zero-order valence-electron chi connectivity index (χ0n) is 10.2. The fourth-order valence-electron chi connectivity index (χ4n) is 2.19. The van der Waals surface area contributed by atoms with E-state index in [4.69, 9.17) is 5.11 Å². The molecule has 0 radical (unpaired) electrons. The molecule has 1 N–H and O–H groups in total.